The van der Waals surface area contributed by atoms with Crippen molar-refractivity contribution in [1.82, 2.24) is 5.32 Å². The van der Waals surface area contributed by atoms with Crippen LogP contribution in [-0.4, -0.2) is 23.5 Å². The first-order chi connectivity index (χ1) is 8.58. The SMILES string of the molecule is NC(=S)c1c(F)cccc1NCC1CCC(=O)N1. The summed E-state index contributed by atoms with van der Waals surface area (Å²) in [6.07, 6.45) is 1.32. The zero-order chi connectivity index (χ0) is 13.1. The van der Waals surface area contributed by atoms with Crippen LogP contribution in [0.4, 0.5) is 10.1 Å². The summed E-state index contributed by atoms with van der Waals surface area (Å²) in [4.78, 5) is 11.1. The number of hydrogen-bond donors (Lipinski definition) is 3. The highest BCUT2D eigenvalue weighted by atomic mass is 32.1. The van der Waals surface area contributed by atoms with Crippen LogP contribution in [0.25, 0.3) is 0 Å². The Morgan fingerprint density at radius 3 is 3.00 bits per heavy atom. The van der Waals surface area contributed by atoms with Gasteiger partial charge in [0.1, 0.15) is 10.8 Å². The van der Waals surface area contributed by atoms with E-state index >= 15 is 0 Å². The number of carbonyl (C=O) groups excluding carboxylic acids is 1. The van der Waals surface area contributed by atoms with E-state index in [1.54, 1.807) is 12.1 Å². The maximum absolute atomic E-state index is 13.6. The lowest BCUT2D eigenvalue weighted by atomic mass is 10.1. The minimum atomic E-state index is -0.442. The second kappa shape index (κ2) is 5.30. The molecule has 0 bridgehead atoms. The minimum absolute atomic E-state index is 0.0195. The van der Waals surface area contributed by atoms with Crippen LogP contribution in [0.2, 0.25) is 0 Å². The molecular formula is C12H14FN3OS. The third-order valence-electron chi connectivity index (χ3n) is 2.88. The lowest BCUT2D eigenvalue weighted by Gasteiger charge is -2.15. The van der Waals surface area contributed by atoms with Gasteiger partial charge < -0.3 is 16.4 Å². The Balaban J connectivity index is 2.07. The van der Waals surface area contributed by atoms with Crippen LogP contribution in [0.5, 0.6) is 0 Å². The lowest BCUT2D eigenvalue weighted by molar-refractivity contribution is -0.119. The standard InChI is InChI=1S/C12H14FN3OS/c13-8-2-1-3-9(11(8)12(14)18)15-6-7-4-5-10(17)16-7/h1-3,7,15H,4-6H2,(H2,14,18)(H,16,17). The van der Waals surface area contributed by atoms with Crippen molar-refractivity contribution in [3.63, 3.8) is 0 Å². The number of amides is 1. The van der Waals surface area contributed by atoms with Crippen LogP contribution in [0.15, 0.2) is 18.2 Å². The average molecular weight is 267 g/mol. The van der Waals surface area contributed by atoms with E-state index in [-0.39, 0.29) is 22.5 Å². The molecule has 6 heteroatoms. The van der Waals surface area contributed by atoms with Crippen LogP contribution in [-0.2, 0) is 4.79 Å². The first-order valence-electron chi connectivity index (χ1n) is 5.69. The van der Waals surface area contributed by atoms with Crippen molar-refractivity contribution in [2.45, 2.75) is 18.9 Å². The number of rotatable bonds is 4. The summed E-state index contributed by atoms with van der Waals surface area (Å²) in [5.74, 6) is -0.390. The second-order valence-electron chi connectivity index (χ2n) is 4.21. The summed E-state index contributed by atoms with van der Waals surface area (Å²) in [5, 5.41) is 5.90. The van der Waals surface area contributed by atoms with Gasteiger partial charge in [0, 0.05) is 24.7 Å². The highest BCUT2D eigenvalue weighted by Gasteiger charge is 2.21. The molecule has 4 nitrogen and oxygen atoms in total. The predicted molar refractivity (Wildman–Crippen MR) is 71.9 cm³/mol. The zero-order valence-electron chi connectivity index (χ0n) is 9.70. The van der Waals surface area contributed by atoms with E-state index in [9.17, 15) is 9.18 Å². The van der Waals surface area contributed by atoms with Crippen molar-refractivity contribution in [2.75, 3.05) is 11.9 Å². The molecule has 1 amide bonds. The van der Waals surface area contributed by atoms with Gasteiger partial charge in [0.15, 0.2) is 0 Å². The molecular weight excluding hydrogens is 253 g/mol. The Morgan fingerprint density at radius 1 is 1.61 bits per heavy atom. The van der Waals surface area contributed by atoms with E-state index in [0.717, 1.165) is 6.42 Å². The molecule has 1 aromatic rings. The van der Waals surface area contributed by atoms with E-state index in [4.69, 9.17) is 18.0 Å². The molecule has 1 aromatic carbocycles. The maximum atomic E-state index is 13.6. The van der Waals surface area contributed by atoms with Crippen LogP contribution in [0.1, 0.15) is 18.4 Å². The maximum Gasteiger partial charge on any atom is 0.220 e. The Hall–Kier alpha value is -1.69. The molecule has 1 atom stereocenters. The highest BCUT2D eigenvalue weighted by molar-refractivity contribution is 7.80. The molecule has 1 saturated heterocycles. The molecule has 0 aliphatic carbocycles. The fourth-order valence-electron chi connectivity index (χ4n) is 1.99. The molecule has 0 aromatic heterocycles. The first-order valence-corrected chi connectivity index (χ1v) is 6.10. The highest BCUT2D eigenvalue weighted by Crippen LogP contribution is 2.19. The monoisotopic (exact) mass is 267 g/mol. The van der Waals surface area contributed by atoms with Gasteiger partial charge in [-0.15, -0.1) is 0 Å². The number of benzene rings is 1. The molecule has 0 radical (unpaired) electrons. The summed E-state index contributed by atoms with van der Waals surface area (Å²) in [6, 6.07) is 4.69. The molecule has 2 rings (SSSR count). The summed E-state index contributed by atoms with van der Waals surface area (Å²) < 4.78 is 13.6. The molecule has 1 unspecified atom stereocenters. The van der Waals surface area contributed by atoms with Gasteiger partial charge in [-0.3, -0.25) is 4.79 Å². The van der Waals surface area contributed by atoms with Crippen molar-refractivity contribution in [3.8, 4) is 0 Å². The summed E-state index contributed by atoms with van der Waals surface area (Å²) in [6.45, 7) is 0.533. The minimum Gasteiger partial charge on any atom is -0.389 e. The zero-order valence-corrected chi connectivity index (χ0v) is 10.5. The molecule has 1 fully saturated rings. The topological polar surface area (TPSA) is 67.1 Å². The van der Waals surface area contributed by atoms with Gasteiger partial charge in [-0.1, -0.05) is 18.3 Å². The van der Waals surface area contributed by atoms with Crippen LogP contribution >= 0.6 is 12.2 Å². The quantitative estimate of drug-likeness (QED) is 0.716. The van der Waals surface area contributed by atoms with Crippen LogP contribution in [0, 0.1) is 5.82 Å². The van der Waals surface area contributed by atoms with E-state index < -0.39 is 5.82 Å². The smallest absolute Gasteiger partial charge is 0.220 e. The number of nitrogens with two attached hydrogens (primary N) is 1. The number of nitrogens with one attached hydrogen (secondary N) is 2. The van der Waals surface area contributed by atoms with E-state index in [2.05, 4.69) is 10.6 Å². The Kier molecular flexibility index (Phi) is 3.76. The number of thiocarbonyl (C=S) groups is 1. The number of halogens is 1. The molecule has 1 aliphatic rings. The van der Waals surface area contributed by atoms with Gasteiger partial charge in [0.05, 0.1) is 5.56 Å². The van der Waals surface area contributed by atoms with E-state index in [0.29, 0.717) is 18.7 Å². The number of anilines is 1. The van der Waals surface area contributed by atoms with Gasteiger partial charge in [-0.2, -0.15) is 0 Å². The molecule has 1 heterocycles. The molecule has 0 spiro atoms. The molecule has 18 heavy (non-hydrogen) atoms. The lowest BCUT2D eigenvalue weighted by Crippen LogP contribution is -2.32. The van der Waals surface area contributed by atoms with Gasteiger partial charge in [-0.25, -0.2) is 4.39 Å². The summed E-state index contributed by atoms with van der Waals surface area (Å²) >= 11 is 4.83. The van der Waals surface area contributed by atoms with Gasteiger partial charge in [-0.05, 0) is 18.6 Å². The first kappa shape index (κ1) is 12.8. The van der Waals surface area contributed by atoms with Gasteiger partial charge in [0.25, 0.3) is 0 Å². The van der Waals surface area contributed by atoms with Crippen LogP contribution < -0.4 is 16.4 Å². The average Bonchev–Trinajstić information content (AvgIpc) is 2.72. The Morgan fingerprint density at radius 2 is 2.39 bits per heavy atom. The van der Waals surface area contributed by atoms with Crippen molar-refractivity contribution >= 4 is 28.8 Å². The van der Waals surface area contributed by atoms with Gasteiger partial charge in [0.2, 0.25) is 5.91 Å². The number of carbonyl (C=O) groups is 1. The molecule has 96 valence electrons. The molecule has 0 saturated carbocycles. The van der Waals surface area contributed by atoms with Crippen molar-refractivity contribution in [3.05, 3.63) is 29.6 Å². The Labute approximate surface area is 110 Å². The van der Waals surface area contributed by atoms with Crippen molar-refractivity contribution in [1.29, 1.82) is 0 Å². The summed E-state index contributed by atoms with van der Waals surface area (Å²) in [7, 11) is 0. The van der Waals surface area contributed by atoms with Crippen molar-refractivity contribution in [2.24, 2.45) is 5.73 Å². The fourth-order valence-corrected chi connectivity index (χ4v) is 2.19. The van der Waals surface area contributed by atoms with E-state index in [1.807, 2.05) is 0 Å². The van der Waals surface area contributed by atoms with Gasteiger partial charge >= 0.3 is 0 Å². The van der Waals surface area contributed by atoms with Crippen molar-refractivity contribution < 1.29 is 9.18 Å². The fraction of sp³-hybridized carbons (Fsp3) is 0.333. The number of hydrogen-bond acceptors (Lipinski definition) is 3. The Bertz CT molecular complexity index is 492. The predicted octanol–water partition coefficient (Wildman–Crippen LogP) is 1.15. The second-order valence-corrected chi connectivity index (χ2v) is 4.65. The molecule has 4 N–H and O–H groups in total. The van der Waals surface area contributed by atoms with Crippen LogP contribution in [0.3, 0.4) is 0 Å². The largest absolute Gasteiger partial charge is 0.389 e. The summed E-state index contributed by atoms with van der Waals surface area (Å²) in [5.41, 5.74) is 6.28. The third-order valence-corrected chi connectivity index (χ3v) is 3.09. The third kappa shape index (κ3) is 2.76. The van der Waals surface area contributed by atoms with E-state index in [1.165, 1.54) is 6.07 Å². The molecule has 1 aliphatic heterocycles. The normalized spacial score (nSPS) is 18.5.